The molecule has 5 nitrogen and oxygen atoms in total. The van der Waals surface area contributed by atoms with E-state index >= 15 is 0 Å². The lowest BCUT2D eigenvalue weighted by Crippen LogP contribution is -2.05. The number of aryl methyl sites for hydroxylation is 1. The zero-order valence-electron chi connectivity index (χ0n) is 11.8. The maximum atomic E-state index is 11.3. The molecule has 5 heteroatoms. The molecule has 110 valence electrons. The van der Waals surface area contributed by atoms with Gasteiger partial charge < -0.3 is 9.84 Å². The molecule has 0 aliphatic heterocycles. The molecule has 0 amide bonds. The Morgan fingerprint density at radius 1 is 1.43 bits per heavy atom. The van der Waals surface area contributed by atoms with Gasteiger partial charge in [0.25, 0.3) is 0 Å². The van der Waals surface area contributed by atoms with Crippen LogP contribution < -0.4 is 0 Å². The third-order valence-electron chi connectivity index (χ3n) is 2.81. The molecule has 0 heterocycles. The Morgan fingerprint density at radius 3 is 2.81 bits per heavy atom. The summed E-state index contributed by atoms with van der Waals surface area (Å²) in [6.07, 6.45) is 3.48. The van der Waals surface area contributed by atoms with Gasteiger partial charge in [0.05, 0.1) is 19.1 Å². The van der Waals surface area contributed by atoms with Crippen molar-refractivity contribution in [1.29, 1.82) is 5.26 Å². The first-order chi connectivity index (χ1) is 10.1. The SMILES string of the molecule is CCOC(=O)CCc1ccc(CC#N)c(/C=C/C(=O)O)c1. The highest BCUT2D eigenvalue weighted by atomic mass is 16.5. The second kappa shape index (κ2) is 8.54. The summed E-state index contributed by atoms with van der Waals surface area (Å²) >= 11 is 0. The standard InChI is InChI=1S/C16H17NO4/c1-2-21-16(20)8-4-12-3-5-13(9-10-17)14(11-12)6-7-15(18)19/h3,5-7,11H,2,4,8-9H2,1H3,(H,18,19)/b7-6+. The van der Waals surface area contributed by atoms with E-state index in [0.29, 0.717) is 18.6 Å². The van der Waals surface area contributed by atoms with Crippen LogP contribution in [0.3, 0.4) is 0 Å². The van der Waals surface area contributed by atoms with Crippen LogP contribution in [0.4, 0.5) is 0 Å². The number of hydrogen-bond acceptors (Lipinski definition) is 4. The van der Waals surface area contributed by atoms with Crippen LogP contribution in [-0.4, -0.2) is 23.7 Å². The highest BCUT2D eigenvalue weighted by molar-refractivity contribution is 5.85. The third-order valence-corrected chi connectivity index (χ3v) is 2.81. The molecule has 0 aliphatic rings. The molecule has 0 saturated heterocycles. The van der Waals surface area contributed by atoms with Crippen molar-refractivity contribution in [3.8, 4) is 6.07 Å². The van der Waals surface area contributed by atoms with Gasteiger partial charge in [0.15, 0.2) is 0 Å². The van der Waals surface area contributed by atoms with Gasteiger partial charge in [-0.2, -0.15) is 5.26 Å². The molecule has 0 atom stereocenters. The summed E-state index contributed by atoms with van der Waals surface area (Å²) in [5.74, 6) is -1.31. The summed E-state index contributed by atoms with van der Waals surface area (Å²) < 4.78 is 4.86. The summed E-state index contributed by atoms with van der Waals surface area (Å²) in [5, 5.41) is 17.5. The average Bonchev–Trinajstić information content (AvgIpc) is 2.45. The molecule has 0 unspecified atom stereocenters. The number of ether oxygens (including phenoxy) is 1. The fraction of sp³-hybridized carbons (Fsp3) is 0.312. The van der Waals surface area contributed by atoms with Crippen LogP contribution in [0.25, 0.3) is 6.08 Å². The van der Waals surface area contributed by atoms with Crippen molar-refractivity contribution in [2.75, 3.05) is 6.61 Å². The number of benzene rings is 1. The summed E-state index contributed by atoms with van der Waals surface area (Å²) in [5.41, 5.74) is 2.34. The lowest BCUT2D eigenvalue weighted by Gasteiger charge is -2.07. The number of hydrogen-bond donors (Lipinski definition) is 1. The van der Waals surface area contributed by atoms with E-state index in [-0.39, 0.29) is 18.8 Å². The predicted octanol–water partition coefficient (Wildman–Crippen LogP) is 2.35. The van der Waals surface area contributed by atoms with Gasteiger partial charge in [-0.15, -0.1) is 0 Å². The summed E-state index contributed by atoms with van der Waals surface area (Å²) in [6, 6.07) is 7.46. The first kappa shape index (κ1) is 16.4. The quantitative estimate of drug-likeness (QED) is 0.614. The van der Waals surface area contributed by atoms with Crippen molar-refractivity contribution in [2.24, 2.45) is 0 Å². The Balaban J connectivity index is 2.88. The molecule has 0 aliphatic carbocycles. The van der Waals surface area contributed by atoms with Gasteiger partial charge in [0.2, 0.25) is 0 Å². The molecule has 0 fully saturated rings. The number of nitrogens with zero attached hydrogens (tertiary/aromatic N) is 1. The third kappa shape index (κ3) is 5.91. The number of nitriles is 1. The van der Waals surface area contributed by atoms with E-state index in [0.717, 1.165) is 17.2 Å². The highest BCUT2D eigenvalue weighted by Gasteiger charge is 2.06. The molecule has 21 heavy (non-hydrogen) atoms. The van der Waals surface area contributed by atoms with Gasteiger partial charge in [-0.1, -0.05) is 18.2 Å². The monoisotopic (exact) mass is 287 g/mol. The number of rotatable bonds is 7. The smallest absolute Gasteiger partial charge is 0.328 e. The number of esters is 1. The molecule has 1 N–H and O–H groups in total. The topological polar surface area (TPSA) is 87.4 Å². The minimum Gasteiger partial charge on any atom is -0.478 e. The van der Waals surface area contributed by atoms with Crippen LogP contribution in [0.5, 0.6) is 0 Å². The van der Waals surface area contributed by atoms with Gasteiger partial charge in [0, 0.05) is 12.5 Å². The van der Waals surface area contributed by atoms with E-state index in [9.17, 15) is 9.59 Å². The molecular formula is C16H17NO4. The van der Waals surface area contributed by atoms with E-state index in [2.05, 4.69) is 0 Å². The maximum Gasteiger partial charge on any atom is 0.328 e. The molecule has 1 aromatic rings. The first-order valence-corrected chi connectivity index (χ1v) is 6.62. The first-order valence-electron chi connectivity index (χ1n) is 6.62. The van der Waals surface area contributed by atoms with Crippen LogP contribution in [0.2, 0.25) is 0 Å². The Labute approximate surface area is 123 Å². The van der Waals surface area contributed by atoms with Crippen LogP contribution in [0, 0.1) is 11.3 Å². The van der Waals surface area contributed by atoms with Gasteiger partial charge >= 0.3 is 11.9 Å². The Hall–Kier alpha value is -2.61. The van der Waals surface area contributed by atoms with Crippen molar-refractivity contribution in [3.05, 3.63) is 41.0 Å². The van der Waals surface area contributed by atoms with Crippen LogP contribution >= 0.6 is 0 Å². The summed E-state index contributed by atoms with van der Waals surface area (Å²) in [6.45, 7) is 2.11. The molecule has 0 radical (unpaired) electrons. The van der Waals surface area contributed by atoms with Gasteiger partial charge in [-0.05, 0) is 36.1 Å². The molecule has 0 bridgehead atoms. The van der Waals surface area contributed by atoms with Crippen LogP contribution in [0.15, 0.2) is 24.3 Å². The van der Waals surface area contributed by atoms with E-state index in [1.54, 1.807) is 19.1 Å². The van der Waals surface area contributed by atoms with E-state index < -0.39 is 5.97 Å². The van der Waals surface area contributed by atoms with Crippen molar-refractivity contribution in [2.45, 2.75) is 26.2 Å². The largest absolute Gasteiger partial charge is 0.478 e. The maximum absolute atomic E-state index is 11.3. The van der Waals surface area contributed by atoms with E-state index in [1.807, 2.05) is 12.1 Å². The molecule has 1 rings (SSSR count). The summed E-state index contributed by atoms with van der Waals surface area (Å²) in [7, 11) is 0. The van der Waals surface area contributed by atoms with Crippen molar-refractivity contribution in [1.82, 2.24) is 0 Å². The number of aliphatic carboxylic acids is 1. The van der Waals surface area contributed by atoms with Crippen molar-refractivity contribution < 1.29 is 19.4 Å². The number of carbonyl (C=O) groups is 2. The van der Waals surface area contributed by atoms with E-state index in [4.69, 9.17) is 15.1 Å². The lowest BCUT2D eigenvalue weighted by molar-refractivity contribution is -0.143. The molecular weight excluding hydrogens is 270 g/mol. The fourth-order valence-electron chi connectivity index (χ4n) is 1.84. The Bertz CT molecular complexity index is 584. The minimum absolute atomic E-state index is 0.206. The van der Waals surface area contributed by atoms with Gasteiger partial charge in [-0.25, -0.2) is 4.79 Å². The summed E-state index contributed by atoms with van der Waals surface area (Å²) in [4.78, 5) is 21.9. The Kier molecular flexibility index (Phi) is 6.69. The molecule has 1 aromatic carbocycles. The highest BCUT2D eigenvalue weighted by Crippen LogP contribution is 2.16. The second-order valence-electron chi connectivity index (χ2n) is 4.34. The molecule has 0 saturated carbocycles. The average molecular weight is 287 g/mol. The zero-order valence-corrected chi connectivity index (χ0v) is 11.8. The van der Waals surface area contributed by atoms with Crippen molar-refractivity contribution in [3.63, 3.8) is 0 Å². The fourth-order valence-corrected chi connectivity index (χ4v) is 1.84. The Morgan fingerprint density at radius 2 is 2.19 bits per heavy atom. The number of carbonyl (C=O) groups excluding carboxylic acids is 1. The number of carboxylic acids is 1. The van der Waals surface area contributed by atoms with Crippen molar-refractivity contribution >= 4 is 18.0 Å². The number of carboxylic acid groups (broad SMARTS) is 1. The van der Waals surface area contributed by atoms with Gasteiger partial charge in [0.1, 0.15) is 0 Å². The van der Waals surface area contributed by atoms with Gasteiger partial charge in [-0.3, -0.25) is 4.79 Å². The van der Waals surface area contributed by atoms with Crippen LogP contribution in [-0.2, 0) is 27.2 Å². The molecule has 0 aromatic heterocycles. The van der Waals surface area contributed by atoms with E-state index in [1.165, 1.54) is 6.08 Å². The second-order valence-corrected chi connectivity index (χ2v) is 4.34. The molecule has 0 spiro atoms. The minimum atomic E-state index is -1.05. The van der Waals surface area contributed by atoms with Crippen LogP contribution in [0.1, 0.15) is 30.0 Å². The predicted molar refractivity (Wildman–Crippen MR) is 77.4 cm³/mol. The normalized spacial score (nSPS) is 10.3. The lowest BCUT2D eigenvalue weighted by atomic mass is 9.99. The zero-order chi connectivity index (χ0) is 15.7.